The number of aryl methyl sites for hydroxylation is 1. The van der Waals surface area contributed by atoms with Gasteiger partial charge in [-0.3, -0.25) is 0 Å². The second-order valence-electron chi connectivity index (χ2n) is 3.87. The molecule has 0 aliphatic carbocycles. The van der Waals surface area contributed by atoms with Crippen molar-refractivity contribution in [3.8, 4) is 11.6 Å². The molecule has 94 valence electrons. The second-order valence-corrected chi connectivity index (χ2v) is 3.87. The summed E-state index contributed by atoms with van der Waals surface area (Å²) in [5, 5.41) is 13.8. The number of aliphatic hydroxyl groups is 1. The number of benzene rings is 1. The molecule has 2 aromatic rings. The summed E-state index contributed by atoms with van der Waals surface area (Å²) >= 11 is 0. The van der Waals surface area contributed by atoms with Gasteiger partial charge < -0.3 is 9.84 Å². The summed E-state index contributed by atoms with van der Waals surface area (Å²) in [5.74, 6) is 0.570. The smallest absolute Gasteiger partial charge is 0.222 e. The van der Waals surface area contributed by atoms with E-state index in [0.717, 1.165) is 11.4 Å². The van der Waals surface area contributed by atoms with Crippen molar-refractivity contribution >= 4 is 0 Å². The SMILES string of the molecule is C=CCOc1c(CO)c(C)nn1-c1ccccc1. The lowest BCUT2D eigenvalue weighted by Gasteiger charge is -2.09. The molecule has 0 unspecified atom stereocenters. The van der Waals surface area contributed by atoms with Crippen molar-refractivity contribution in [3.63, 3.8) is 0 Å². The van der Waals surface area contributed by atoms with Gasteiger partial charge in [-0.2, -0.15) is 5.10 Å². The first kappa shape index (κ1) is 12.4. The first-order chi connectivity index (χ1) is 8.77. The minimum Gasteiger partial charge on any atom is -0.473 e. The third-order valence-electron chi connectivity index (χ3n) is 2.63. The normalized spacial score (nSPS) is 10.3. The number of aromatic nitrogens is 2. The Hall–Kier alpha value is -2.07. The summed E-state index contributed by atoms with van der Waals surface area (Å²) in [7, 11) is 0. The van der Waals surface area contributed by atoms with E-state index in [0.29, 0.717) is 18.1 Å². The van der Waals surface area contributed by atoms with Crippen LogP contribution in [0.15, 0.2) is 43.0 Å². The van der Waals surface area contributed by atoms with Crippen LogP contribution >= 0.6 is 0 Å². The minimum atomic E-state index is -0.0921. The number of rotatable bonds is 5. The zero-order chi connectivity index (χ0) is 13.0. The average molecular weight is 244 g/mol. The van der Waals surface area contributed by atoms with Crippen LogP contribution in [0.2, 0.25) is 0 Å². The first-order valence-electron chi connectivity index (χ1n) is 5.76. The van der Waals surface area contributed by atoms with E-state index >= 15 is 0 Å². The molecule has 0 spiro atoms. The van der Waals surface area contributed by atoms with E-state index in [9.17, 15) is 5.11 Å². The molecule has 0 bridgehead atoms. The van der Waals surface area contributed by atoms with Gasteiger partial charge in [0.25, 0.3) is 0 Å². The highest BCUT2D eigenvalue weighted by atomic mass is 16.5. The zero-order valence-electron chi connectivity index (χ0n) is 10.3. The van der Waals surface area contributed by atoms with Gasteiger partial charge in [-0.25, -0.2) is 4.68 Å². The molecule has 0 aliphatic rings. The summed E-state index contributed by atoms with van der Waals surface area (Å²) in [6, 6.07) is 9.68. The number of hydrogen-bond acceptors (Lipinski definition) is 3. The Kier molecular flexibility index (Phi) is 3.79. The lowest BCUT2D eigenvalue weighted by Crippen LogP contribution is -2.04. The number of ether oxygens (including phenoxy) is 1. The van der Waals surface area contributed by atoms with Gasteiger partial charge in [0, 0.05) is 0 Å². The zero-order valence-corrected chi connectivity index (χ0v) is 10.3. The molecule has 18 heavy (non-hydrogen) atoms. The number of para-hydroxylation sites is 1. The van der Waals surface area contributed by atoms with Crippen molar-refractivity contribution in [2.45, 2.75) is 13.5 Å². The molecular formula is C14H16N2O2. The first-order valence-corrected chi connectivity index (χ1v) is 5.76. The van der Waals surface area contributed by atoms with Crippen molar-refractivity contribution in [2.24, 2.45) is 0 Å². The van der Waals surface area contributed by atoms with Crippen LogP contribution in [-0.2, 0) is 6.61 Å². The molecule has 4 nitrogen and oxygen atoms in total. The van der Waals surface area contributed by atoms with Crippen LogP contribution in [-0.4, -0.2) is 21.5 Å². The van der Waals surface area contributed by atoms with Gasteiger partial charge >= 0.3 is 0 Å². The van der Waals surface area contributed by atoms with Gasteiger partial charge in [0.2, 0.25) is 5.88 Å². The van der Waals surface area contributed by atoms with Crippen LogP contribution in [0.4, 0.5) is 0 Å². The highest BCUT2D eigenvalue weighted by molar-refractivity contribution is 5.40. The van der Waals surface area contributed by atoms with Crippen LogP contribution in [0, 0.1) is 6.92 Å². The van der Waals surface area contributed by atoms with Crippen molar-refractivity contribution in [2.75, 3.05) is 6.61 Å². The van der Waals surface area contributed by atoms with Crippen LogP contribution in [0.25, 0.3) is 5.69 Å². The number of aliphatic hydroxyl groups excluding tert-OH is 1. The topological polar surface area (TPSA) is 47.3 Å². The van der Waals surface area contributed by atoms with Crippen molar-refractivity contribution in [1.82, 2.24) is 9.78 Å². The monoisotopic (exact) mass is 244 g/mol. The molecule has 4 heteroatoms. The highest BCUT2D eigenvalue weighted by Crippen LogP contribution is 2.25. The molecule has 1 N–H and O–H groups in total. The summed E-state index contributed by atoms with van der Waals surface area (Å²) in [6.07, 6.45) is 1.67. The second kappa shape index (κ2) is 5.51. The van der Waals surface area contributed by atoms with E-state index in [2.05, 4.69) is 11.7 Å². The molecule has 0 atom stereocenters. The van der Waals surface area contributed by atoms with Crippen LogP contribution in [0.1, 0.15) is 11.3 Å². The fraction of sp³-hybridized carbons (Fsp3) is 0.214. The molecule has 0 amide bonds. The summed E-state index contributed by atoms with van der Waals surface area (Å²) in [4.78, 5) is 0. The van der Waals surface area contributed by atoms with E-state index in [4.69, 9.17) is 4.74 Å². The fourth-order valence-corrected chi connectivity index (χ4v) is 1.75. The Bertz CT molecular complexity index is 532. The maximum Gasteiger partial charge on any atom is 0.222 e. The third-order valence-corrected chi connectivity index (χ3v) is 2.63. The lowest BCUT2D eigenvalue weighted by molar-refractivity contribution is 0.266. The molecule has 0 radical (unpaired) electrons. The van der Waals surface area contributed by atoms with Gasteiger partial charge in [-0.05, 0) is 19.1 Å². The number of nitrogens with zero attached hydrogens (tertiary/aromatic N) is 2. The molecule has 1 aromatic carbocycles. The molecule has 0 fully saturated rings. The van der Waals surface area contributed by atoms with E-state index in [1.807, 2.05) is 37.3 Å². The molecule has 2 rings (SSSR count). The van der Waals surface area contributed by atoms with Gasteiger partial charge in [-0.15, -0.1) is 0 Å². The molecular weight excluding hydrogens is 228 g/mol. The standard InChI is InChI=1S/C14H16N2O2/c1-3-9-18-14-13(10-17)11(2)15-16(14)12-7-5-4-6-8-12/h3-8,17H,1,9-10H2,2H3. The Balaban J connectivity index is 2.49. The van der Waals surface area contributed by atoms with Crippen molar-refractivity contribution in [3.05, 3.63) is 54.2 Å². The maximum absolute atomic E-state index is 9.40. The van der Waals surface area contributed by atoms with Gasteiger partial charge in [0.1, 0.15) is 6.61 Å². The number of hydrogen-bond donors (Lipinski definition) is 1. The highest BCUT2D eigenvalue weighted by Gasteiger charge is 2.16. The fourth-order valence-electron chi connectivity index (χ4n) is 1.75. The predicted molar refractivity (Wildman–Crippen MR) is 69.9 cm³/mol. The molecule has 0 aliphatic heterocycles. The van der Waals surface area contributed by atoms with Crippen molar-refractivity contribution in [1.29, 1.82) is 0 Å². The van der Waals surface area contributed by atoms with E-state index in [-0.39, 0.29) is 6.61 Å². The van der Waals surface area contributed by atoms with Gasteiger partial charge in [-0.1, -0.05) is 30.9 Å². The van der Waals surface area contributed by atoms with E-state index < -0.39 is 0 Å². The quantitative estimate of drug-likeness (QED) is 0.820. The van der Waals surface area contributed by atoms with Crippen molar-refractivity contribution < 1.29 is 9.84 Å². The Morgan fingerprint density at radius 2 is 2.11 bits per heavy atom. The van der Waals surface area contributed by atoms with E-state index in [1.54, 1.807) is 10.8 Å². The summed E-state index contributed by atoms with van der Waals surface area (Å²) in [6.45, 7) is 5.76. The van der Waals surface area contributed by atoms with Crippen LogP contribution in [0.5, 0.6) is 5.88 Å². The Morgan fingerprint density at radius 3 is 2.72 bits per heavy atom. The summed E-state index contributed by atoms with van der Waals surface area (Å²) < 4.78 is 7.30. The predicted octanol–water partition coefficient (Wildman–Crippen LogP) is 2.24. The summed E-state index contributed by atoms with van der Waals surface area (Å²) in [5.41, 5.74) is 2.38. The van der Waals surface area contributed by atoms with Crippen LogP contribution < -0.4 is 4.74 Å². The largest absolute Gasteiger partial charge is 0.473 e. The third kappa shape index (κ3) is 2.28. The lowest BCUT2D eigenvalue weighted by atomic mass is 10.2. The molecule has 1 heterocycles. The Labute approximate surface area is 106 Å². The Morgan fingerprint density at radius 1 is 1.39 bits per heavy atom. The maximum atomic E-state index is 9.40. The van der Waals surface area contributed by atoms with E-state index in [1.165, 1.54) is 0 Å². The molecule has 0 saturated heterocycles. The van der Waals surface area contributed by atoms with Gasteiger partial charge in [0.05, 0.1) is 23.6 Å². The van der Waals surface area contributed by atoms with Crippen LogP contribution in [0.3, 0.4) is 0 Å². The minimum absolute atomic E-state index is 0.0921. The molecule has 1 aromatic heterocycles. The van der Waals surface area contributed by atoms with Gasteiger partial charge in [0.15, 0.2) is 0 Å². The average Bonchev–Trinajstić information content (AvgIpc) is 2.73. The molecule has 0 saturated carbocycles.